The van der Waals surface area contributed by atoms with Crippen LogP contribution in [0.5, 0.6) is 0 Å². The van der Waals surface area contributed by atoms with Crippen LogP contribution in [0.2, 0.25) is 0 Å². The lowest BCUT2D eigenvalue weighted by atomic mass is 10.7. The first kappa shape index (κ1) is 8.53. The Morgan fingerprint density at radius 2 is 1.88 bits per heavy atom. The minimum absolute atomic E-state index is 0.0166. The molecule has 0 aliphatic heterocycles. The van der Waals surface area contributed by atoms with Gasteiger partial charge in [-0.25, -0.2) is 5.90 Å². The topological polar surface area (TPSA) is 35.2 Å². The van der Waals surface area contributed by atoms with Gasteiger partial charge in [0, 0.05) is 0 Å². The number of hydrogen-bond donors (Lipinski definition) is 1. The van der Waals surface area contributed by atoms with E-state index in [-0.39, 0.29) is 16.1 Å². The van der Waals surface area contributed by atoms with Crippen molar-refractivity contribution in [3.05, 3.63) is 9.52 Å². The second-order valence-corrected chi connectivity index (χ2v) is 2.38. The Balaban J connectivity index is 3.62. The highest BCUT2D eigenvalue weighted by Crippen LogP contribution is 2.16. The largest absolute Gasteiger partial charge is 0.299 e. The number of halogens is 3. The maximum absolute atomic E-state index is 5.33. The van der Waals surface area contributed by atoms with Crippen molar-refractivity contribution >= 4 is 34.8 Å². The summed E-state index contributed by atoms with van der Waals surface area (Å²) >= 11 is 15.7. The predicted molar refractivity (Wildman–Crippen MR) is 34.7 cm³/mol. The minimum atomic E-state index is -0.0166. The van der Waals surface area contributed by atoms with E-state index in [1.165, 1.54) is 0 Å². The average molecular weight is 176 g/mol. The molecule has 0 aromatic heterocycles. The highest BCUT2D eigenvalue weighted by molar-refractivity contribution is 6.59. The second kappa shape index (κ2) is 4.41. The fourth-order valence-corrected chi connectivity index (χ4v) is 0.300. The van der Waals surface area contributed by atoms with Crippen molar-refractivity contribution in [2.24, 2.45) is 5.90 Å². The quantitative estimate of drug-likeness (QED) is 0.651. The summed E-state index contributed by atoms with van der Waals surface area (Å²) in [6.07, 6.45) is 0. The first-order chi connectivity index (χ1) is 3.68. The summed E-state index contributed by atoms with van der Waals surface area (Å²) in [6.45, 7) is 0.0455. The van der Waals surface area contributed by atoms with Crippen LogP contribution in [0.25, 0.3) is 0 Å². The van der Waals surface area contributed by atoms with Crippen molar-refractivity contribution in [3.63, 3.8) is 0 Å². The highest BCUT2D eigenvalue weighted by Gasteiger charge is 1.95. The number of nitrogens with two attached hydrogens (primary N) is 1. The van der Waals surface area contributed by atoms with Crippen molar-refractivity contribution in [2.45, 2.75) is 0 Å². The average Bonchev–Trinajstić information content (AvgIpc) is 1.67. The third-order valence-corrected chi connectivity index (χ3v) is 1.36. The fourth-order valence-electron chi connectivity index (χ4n) is 0.128. The summed E-state index contributed by atoms with van der Waals surface area (Å²) in [5, 5.41) is 0.204. The van der Waals surface area contributed by atoms with Crippen molar-refractivity contribution in [2.75, 3.05) is 6.61 Å². The molecule has 0 atom stereocenters. The molecule has 2 nitrogen and oxygen atoms in total. The molecule has 8 heavy (non-hydrogen) atoms. The van der Waals surface area contributed by atoms with E-state index in [0.717, 1.165) is 0 Å². The molecular formula is C3H4Cl3NO. The van der Waals surface area contributed by atoms with Crippen LogP contribution in [0.4, 0.5) is 0 Å². The van der Waals surface area contributed by atoms with Gasteiger partial charge in [-0.2, -0.15) is 0 Å². The van der Waals surface area contributed by atoms with Gasteiger partial charge in [-0.05, 0) is 0 Å². The van der Waals surface area contributed by atoms with Gasteiger partial charge >= 0.3 is 0 Å². The van der Waals surface area contributed by atoms with Gasteiger partial charge in [0.1, 0.15) is 11.1 Å². The first-order valence-corrected chi connectivity index (χ1v) is 2.83. The summed E-state index contributed by atoms with van der Waals surface area (Å²) in [5.41, 5.74) is 0. The molecule has 0 saturated carbocycles. The van der Waals surface area contributed by atoms with E-state index in [1.54, 1.807) is 0 Å². The molecule has 0 saturated heterocycles. The van der Waals surface area contributed by atoms with E-state index >= 15 is 0 Å². The molecular weight excluding hydrogens is 172 g/mol. The van der Waals surface area contributed by atoms with Crippen LogP contribution >= 0.6 is 34.8 Å². The van der Waals surface area contributed by atoms with Crippen LogP contribution < -0.4 is 5.90 Å². The van der Waals surface area contributed by atoms with Gasteiger partial charge in [0.05, 0.1) is 5.03 Å². The van der Waals surface area contributed by atoms with Gasteiger partial charge in [0.2, 0.25) is 0 Å². The summed E-state index contributed by atoms with van der Waals surface area (Å²) in [5.74, 6) is 4.63. The molecule has 0 bridgehead atoms. The van der Waals surface area contributed by atoms with Crippen LogP contribution in [0.3, 0.4) is 0 Å². The lowest BCUT2D eigenvalue weighted by Crippen LogP contribution is -2.00. The second-order valence-electron chi connectivity index (χ2n) is 0.976. The van der Waals surface area contributed by atoms with Crippen molar-refractivity contribution in [1.82, 2.24) is 0 Å². The Hall–Kier alpha value is 0.530. The van der Waals surface area contributed by atoms with Gasteiger partial charge in [-0.1, -0.05) is 34.8 Å². The molecule has 0 spiro atoms. The zero-order valence-electron chi connectivity index (χ0n) is 3.83. The highest BCUT2D eigenvalue weighted by atomic mass is 35.5. The SMILES string of the molecule is NOCC(Cl)=C(Cl)Cl. The molecule has 0 aliphatic rings. The van der Waals surface area contributed by atoms with Crippen LogP contribution in [-0.2, 0) is 4.84 Å². The Bertz CT molecular complexity index is 98.7. The zero-order valence-corrected chi connectivity index (χ0v) is 6.09. The normalized spacial score (nSPS) is 9.00. The molecule has 48 valence electrons. The van der Waals surface area contributed by atoms with Gasteiger partial charge in [-0.15, -0.1) is 0 Å². The Kier molecular flexibility index (Phi) is 4.71. The molecule has 0 radical (unpaired) electrons. The summed E-state index contributed by atoms with van der Waals surface area (Å²) in [6, 6.07) is 0. The molecule has 0 heterocycles. The van der Waals surface area contributed by atoms with E-state index in [1.807, 2.05) is 0 Å². The summed E-state index contributed by atoms with van der Waals surface area (Å²) in [4.78, 5) is 4.11. The van der Waals surface area contributed by atoms with E-state index in [2.05, 4.69) is 10.7 Å². The van der Waals surface area contributed by atoms with Crippen molar-refractivity contribution in [1.29, 1.82) is 0 Å². The van der Waals surface area contributed by atoms with E-state index in [9.17, 15) is 0 Å². The molecule has 0 rings (SSSR count). The lowest BCUT2D eigenvalue weighted by Gasteiger charge is -1.92. The van der Waals surface area contributed by atoms with Crippen molar-refractivity contribution < 1.29 is 4.84 Å². The van der Waals surface area contributed by atoms with Crippen LogP contribution in [-0.4, -0.2) is 6.61 Å². The maximum atomic E-state index is 5.33. The van der Waals surface area contributed by atoms with Gasteiger partial charge in [-0.3, -0.25) is 4.84 Å². The Morgan fingerprint density at radius 3 is 2.00 bits per heavy atom. The molecule has 0 unspecified atom stereocenters. The lowest BCUT2D eigenvalue weighted by molar-refractivity contribution is 0.165. The minimum Gasteiger partial charge on any atom is -0.299 e. The van der Waals surface area contributed by atoms with Gasteiger partial charge < -0.3 is 0 Å². The summed E-state index contributed by atoms with van der Waals surface area (Å²) in [7, 11) is 0. The van der Waals surface area contributed by atoms with Gasteiger partial charge in [0.25, 0.3) is 0 Å². The van der Waals surface area contributed by atoms with Crippen molar-refractivity contribution in [3.8, 4) is 0 Å². The van der Waals surface area contributed by atoms with Crippen LogP contribution in [0.15, 0.2) is 9.52 Å². The Morgan fingerprint density at radius 1 is 1.38 bits per heavy atom. The predicted octanol–water partition coefficient (Wildman–Crippen LogP) is 1.76. The van der Waals surface area contributed by atoms with E-state index in [4.69, 9.17) is 34.8 Å². The van der Waals surface area contributed by atoms with Crippen LogP contribution in [0, 0.1) is 0 Å². The summed E-state index contributed by atoms with van der Waals surface area (Å²) < 4.78 is -0.0166. The van der Waals surface area contributed by atoms with E-state index in [0.29, 0.717) is 0 Å². The molecule has 0 aromatic rings. The molecule has 0 fully saturated rings. The first-order valence-electron chi connectivity index (χ1n) is 1.69. The van der Waals surface area contributed by atoms with E-state index < -0.39 is 0 Å². The zero-order chi connectivity index (χ0) is 6.57. The standard InChI is InChI=1S/C3H4Cl3NO/c4-2(1-8-7)3(5)6/h1,7H2. The fraction of sp³-hybridized carbons (Fsp3) is 0.333. The Labute approximate surface area is 62.1 Å². The van der Waals surface area contributed by atoms with Gasteiger partial charge in [0.15, 0.2) is 0 Å². The number of rotatable bonds is 2. The molecule has 5 heteroatoms. The van der Waals surface area contributed by atoms with Crippen LogP contribution in [0.1, 0.15) is 0 Å². The smallest absolute Gasteiger partial charge is 0.123 e. The monoisotopic (exact) mass is 175 g/mol. The third-order valence-electron chi connectivity index (χ3n) is 0.415. The molecule has 2 N–H and O–H groups in total. The molecule has 0 aliphatic carbocycles. The molecule has 0 amide bonds. The molecule has 0 aromatic carbocycles. The maximum Gasteiger partial charge on any atom is 0.123 e. The third kappa shape index (κ3) is 3.52. The number of hydrogen-bond acceptors (Lipinski definition) is 2.